The molecule has 0 fully saturated rings. The zero-order valence-electron chi connectivity index (χ0n) is 13.7. The molecule has 0 saturated carbocycles. The molecule has 0 unspecified atom stereocenters. The number of nitrogens with zero attached hydrogens (tertiary/aromatic N) is 2. The van der Waals surface area contributed by atoms with Crippen LogP contribution < -0.4 is 0 Å². The molecule has 1 heterocycles. The van der Waals surface area contributed by atoms with Crippen molar-refractivity contribution in [3.8, 4) is 0 Å². The number of nitro groups is 1. The van der Waals surface area contributed by atoms with Gasteiger partial charge in [0.05, 0.1) is 5.92 Å². The van der Waals surface area contributed by atoms with Crippen LogP contribution in [0.5, 0.6) is 0 Å². The first-order valence-electron chi connectivity index (χ1n) is 7.63. The van der Waals surface area contributed by atoms with E-state index in [-0.39, 0.29) is 22.5 Å². The lowest BCUT2D eigenvalue weighted by molar-refractivity contribution is -0.484. The van der Waals surface area contributed by atoms with Crippen LogP contribution in [-0.4, -0.2) is 32.3 Å². The van der Waals surface area contributed by atoms with Crippen molar-refractivity contribution in [2.75, 3.05) is 12.3 Å². The smallest absolute Gasteiger partial charge is 0.224 e. The van der Waals surface area contributed by atoms with E-state index in [0.717, 1.165) is 27.6 Å². The number of benzene rings is 1. The SMILES string of the molecule is CCSC1=N[C@@](C(C)C)([C@H](C[N+](=O)[O-])c2ccc(Br)cc2)C(=O)S1. The van der Waals surface area contributed by atoms with Crippen LogP contribution in [0.4, 0.5) is 0 Å². The molecule has 0 radical (unpaired) electrons. The van der Waals surface area contributed by atoms with Crippen molar-refractivity contribution in [2.45, 2.75) is 32.2 Å². The molecular weight excluding hydrogens is 412 g/mol. The molecule has 2 atom stereocenters. The fourth-order valence-electron chi connectivity index (χ4n) is 2.90. The number of aliphatic imine (C=N–C) groups is 1. The van der Waals surface area contributed by atoms with E-state index in [0.29, 0.717) is 4.38 Å². The van der Waals surface area contributed by atoms with E-state index in [9.17, 15) is 14.9 Å². The summed E-state index contributed by atoms with van der Waals surface area (Å²) < 4.78 is 1.60. The minimum Gasteiger partial charge on any atom is -0.284 e. The van der Waals surface area contributed by atoms with E-state index in [1.807, 2.05) is 45.0 Å². The predicted molar refractivity (Wildman–Crippen MR) is 104 cm³/mol. The predicted octanol–water partition coefficient (Wildman–Crippen LogP) is 4.59. The Morgan fingerprint density at radius 3 is 2.50 bits per heavy atom. The Labute approximate surface area is 158 Å². The molecule has 0 N–H and O–H groups in total. The van der Waals surface area contributed by atoms with Gasteiger partial charge in [-0.1, -0.05) is 60.6 Å². The topological polar surface area (TPSA) is 72.6 Å². The normalized spacial score (nSPS) is 21.9. The number of hydrogen-bond acceptors (Lipinski definition) is 6. The largest absolute Gasteiger partial charge is 0.284 e. The molecule has 24 heavy (non-hydrogen) atoms. The molecule has 1 aromatic carbocycles. The van der Waals surface area contributed by atoms with Crippen LogP contribution in [0.15, 0.2) is 33.7 Å². The molecule has 0 saturated heterocycles. The molecule has 2 rings (SSSR count). The summed E-state index contributed by atoms with van der Waals surface area (Å²) in [4.78, 5) is 28.6. The average molecular weight is 431 g/mol. The standard InChI is InChI=1S/C16H19BrN2O3S2/c1-4-23-15-18-16(10(2)3,14(20)24-15)13(9-19(21)22)11-5-7-12(17)8-6-11/h5-8,10,13H,4,9H2,1-3H3/t13-,16+/m1/s1. The number of carbonyl (C=O) groups is 1. The molecule has 0 bridgehead atoms. The van der Waals surface area contributed by atoms with Crippen molar-refractivity contribution in [1.82, 2.24) is 0 Å². The fraction of sp³-hybridized carbons (Fsp3) is 0.500. The van der Waals surface area contributed by atoms with Crippen LogP contribution in [-0.2, 0) is 4.79 Å². The highest BCUT2D eigenvalue weighted by Crippen LogP contribution is 2.47. The van der Waals surface area contributed by atoms with Crippen LogP contribution in [0.25, 0.3) is 0 Å². The van der Waals surface area contributed by atoms with Gasteiger partial charge in [0.2, 0.25) is 11.7 Å². The molecule has 130 valence electrons. The van der Waals surface area contributed by atoms with Crippen molar-refractivity contribution in [2.24, 2.45) is 10.9 Å². The minimum atomic E-state index is -1.09. The maximum atomic E-state index is 12.9. The van der Waals surface area contributed by atoms with Gasteiger partial charge in [-0.05, 0) is 41.1 Å². The van der Waals surface area contributed by atoms with Gasteiger partial charge < -0.3 is 0 Å². The summed E-state index contributed by atoms with van der Waals surface area (Å²) in [7, 11) is 0. The Bertz CT molecular complexity index is 664. The van der Waals surface area contributed by atoms with Crippen LogP contribution in [0, 0.1) is 16.0 Å². The van der Waals surface area contributed by atoms with Crippen LogP contribution in [0.1, 0.15) is 32.3 Å². The summed E-state index contributed by atoms with van der Waals surface area (Å²) in [5, 5.41) is 11.2. The van der Waals surface area contributed by atoms with Crippen molar-refractivity contribution >= 4 is 48.9 Å². The molecule has 1 aliphatic heterocycles. The van der Waals surface area contributed by atoms with E-state index < -0.39 is 11.5 Å². The molecule has 0 aliphatic carbocycles. The van der Waals surface area contributed by atoms with Gasteiger partial charge in [0.25, 0.3) is 0 Å². The second-order valence-corrected chi connectivity index (χ2v) is 9.19. The van der Waals surface area contributed by atoms with Gasteiger partial charge in [-0.3, -0.25) is 19.9 Å². The van der Waals surface area contributed by atoms with E-state index in [1.165, 1.54) is 11.8 Å². The summed E-state index contributed by atoms with van der Waals surface area (Å²) in [5.74, 6) is 0.0856. The van der Waals surface area contributed by atoms with Crippen LogP contribution in [0.2, 0.25) is 0 Å². The number of carbonyl (C=O) groups excluding carboxylic acids is 1. The summed E-state index contributed by atoms with van der Waals surface area (Å²) in [6.07, 6.45) is 0. The summed E-state index contributed by atoms with van der Waals surface area (Å²) >= 11 is 6.01. The second kappa shape index (κ2) is 8.01. The quantitative estimate of drug-likeness (QED) is 0.487. The number of rotatable bonds is 6. The van der Waals surface area contributed by atoms with E-state index in [1.54, 1.807) is 0 Å². The Morgan fingerprint density at radius 2 is 2.00 bits per heavy atom. The highest BCUT2D eigenvalue weighted by molar-refractivity contribution is 9.10. The second-order valence-electron chi connectivity index (χ2n) is 5.80. The van der Waals surface area contributed by atoms with Crippen molar-refractivity contribution in [3.05, 3.63) is 44.4 Å². The average Bonchev–Trinajstić information content (AvgIpc) is 2.83. The van der Waals surface area contributed by atoms with Gasteiger partial charge in [-0.25, -0.2) is 0 Å². The summed E-state index contributed by atoms with van der Waals surface area (Å²) in [6.45, 7) is 5.50. The molecule has 0 spiro atoms. The molecule has 0 aromatic heterocycles. The van der Waals surface area contributed by atoms with Crippen molar-refractivity contribution in [1.29, 1.82) is 0 Å². The third-order valence-corrected chi connectivity index (χ3v) is 6.60. The lowest BCUT2D eigenvalue weighted by Crippen LogP contribution is -2.46. The zero-order valence-corrected chi connectivity index (χ0v) is 16.9. The first-order valence-corrected chi connectivity index (χ1v) is 10.2. The Balaban J connectivity index is 2.56. The maximum absolute atomic E-state index is 12.9. The van der Waals surface area contributed by atoms with Crippen LogP contribution >= 0.6 is 39.5 Å². The van der Waals surface area contributed by atoms with Crippen LogP contribution in [0.3, 0.4) is 0 Å². The van der Waals surface area contributed by atoms with E-state index in [4.69, 9.17) is 4.99 Å². The number of hydrogen-bond donors (Lipinski definition) is 0. The van der Waals surface area contributed by atoms with Crippen molar-refractivity contribution in [3.63, 3.8) is 0 Å². The monoisotopic (exact) mass is 430 g/mol. The molecule has 8 heteroatoms. The third-order valence-electron chi connectivity index (χ3n) is 4.07. The van der Waals surface area contributed by atoms with Gasteiger partial charge in [-0.15, -0.1) is 0 Å². The highest BCUT2D eigenvalue weighted by atomic mass is 79.9. The molecule has 1 aliphatic rings. The Morgan fingerprint density at radius 1 is 1.38 bits per heavy atom. The first kappa shape index (κ1) is 19.5. The molecule has 1 aromatic rings. The van der Waals surface area contributed by atoms with E-state index in [2.05, 4.69) is 15.9 Å². The molecule has 0 amide bonds. The highest BCUT2D eigenvalue weighted by Gasteiger charge is 2.54. The Kier molecular flexibility index (Phi) is 6.50. The van der Waals surface area contributed by atoms with E-state index >= 15 is 0 Å². The Hall–Kier alpha value is -0.860. The zero-order chi connectivity index (χ0) is 17.9. The molecular formula is C16H19BrN2O3S2. The number of thioether (sulfide) groups is 2. The summed E-state index contributed by atoms with van der Waals surface area (Å²) in [5.41, 5.74) is -0.327. The van der Waals surface area contributed by atoms with Gasteiger partial charge in [-0.2, -0.15) is 0 Å². The van der Waals surface area contributed by atoms with Crippen molar-refractivity contribution < 1.29 is 9.72 Å². The first-order chi connectivity index (χ1) is 11.3. The van der Waals surface area contributed by atoms with Gasteiger partial charge in [0.15, 0.2) is 0 Å². The minimum absolute atomic E-state index is 0.0942. The summed E-state index contributed by atoms with van der Waals surface area (Å²) in [6, 6.07) is 7.35. The maximum Gasteiger partial charge on any atom is 0.224 e. The fourth-order valence-corrected chi connectivity index (χ4v) is 5.38. The van der Waals surface area contributed by atoms with Gasteiger partial charge in [0.1, 0.15) is 9.91 Å². The van der Waals surface area contributed by atoms with Gasteiger partial charge >= 0.3 is 0 Å². The third kappa shape index (κ3) is 3.86. The number of halogens is 1. The molecule has 5 nitrogen and oxygen atoms in total. The lowest BCUT2D eigenvalue weighted by Gasteiger charge is -2.34. The van der Waals surface area contributed by atoms with Gasteiger partial charge in [0, 0.05) is 9.40 Å². The lowest BCUT2D eigenvalue weighted by atomic mass is 9.73.